The Morgan fingerprint density at radius 3 is 2.68 bits per heavy atom. The van der Waals surface area contributed by atoms with Crippen molar-refractivity contribution in [1.29, 1.82) is 0 Å². The number of pyridine rings is 1. The minimum absolute atomic E-state index is 0.132. The Hall–Kier alpha value is -2.95. The zero-order chi connectivity index (χ0) is 15.1. The molecule has 0 saturated carbocycles. The maximum Gasteiger partial charge on any atom is 0.231 e. The molecule has 0 saturated heterocycles. The van der Waals surface area contributed by atoms with Gasteiger partial charge in [0, 0.05) is 18.0 Å². The molecule has 0 atom stereocenters. The SMILES string of the molecule is Oc1cc2ccnc(Cc3ccc4c(c3)OCO4)c2cc1O. The summed E-state index contributed by atoms with van der Waals surface area (Å²) in [6.45, 7) is 0.248. The van der Waals surface area contributed by atoms with Gasteiger partial charge in [-0.1, -0.05) is 6.07 Å². The third kappa shape index (κ3) is 2.07. The number of hydrogen-bond acceptors (Lipinski definition) is 5. The molecule has 2 heterocycles. The first-order valence-electron chi connectivity index (χ1n) is 6.89. The molecule has 2 N–H and O–H groups in total. The van der Waals surface area contributed by atoms with E-state index < -0.39 is 0 Å². The molecule has 0 bridgehead atoms. The standard InChI is InChI=1S/C17H13NO4/c19-14-7-11-3-4-18-13(12(11)8-15(14)20)5-10-1-2-16-17(6-10)22-9-21-16/h1-4,6-8,19-20H,5,9H2. The molecule has 0 amide bonds. The molecule has 0 spiro atoms. The molecular weight excluding hydrogens is 282 g/mol. The molecule has 4 rings (SSSR count). The van der Waals surface area contributed by atoms with E-state index in [4.69, 9.17) is 9.47 Å². The van der Waals surface area contributed by atoms with Crippen LogP contribution in [0.4, 0.5) is 0 Å². The van der Waals surface area contributed by atoms with Gasteiger partial charge in [-0.25, -0.2) is 0 Å². The second kappa shape index (κ2) is 4.80. The van der Waals surface area contributed by atoms with E-state index in [0.717, 1.165) is 33.5 Å². The van der Waals surface area contributed by atoms with E-state index in [1.165, 1.54) is 6.07 Å². The third-order valence-electron chi connectivity index (χ3n) is 3.75. The Balaban J connectivity index is 1.76. The van der Waals surface area contributed by atoms with Crippen molar-refractivity contribution in [3.8, 4) is 23.0 Å². The second-order valence-electron chi connectivity index (χ2n) is 5.18. The molecule has 22 heavy (non-hydrogen) atoms. The lowest BCUT2D eigenvalue weighted by atomic mass is 10.0. The predicted molar refractivity (Wildman–Crippen MR) is 80.4 cm³/mol. The number of phenolic OH excluding ortho intramolecular Hbond substituents is 2. The van der Waals surface area contributed by atoms with E-state index in [9.17, 15) is 10.2 Å². The molecule has 5 heteroatoms. The monoisotopic (exact) mass is 295 g/mol. The van der Waals surface area contributed by atoms with Gasteiger partial charge >= 0.3 is 0 Å². The van der Waals surface area contributed by atoms with E-state index in [0.29, 0.717) is 6.42 Å². The lowest BCUT2D eigenvalue weighted by Gasteiger charge is -2.08. The first kappa shape index (κ1) is 12.8. The van der Waals surface area contributed by atoms with Gasteiger partial charge < -0.3 is 19.7 Å². The van der Waals surface area contributed by atoms with Crippen LogP contribution in [0.1, 0.15) is 11.3 Å². The van der Waals surface area contributed by atoms with Crippen molar-refractivity contribution >= 4 is 10.8 Å². The van der Waals surface area contributed by atoms with Crippen molar-refractivity contribution in [2.75, 3.05) is 6.79 Å². The van der Waals surface area contributed by atoms with Gasteiger partial charge in [-0.05, 0) is 41.3 Å². The Labute approximate surface area is 126 Å². The minimum Gasteiger partial charge on any atom is -0.504 e. The quantitative estimate of drug-likeness (QED) is 0.711. The predicted octanol–water partition coefficient (Wildman–Crippen LogP) is 2.97. The number of ether oxygens (including phenoxy) is 2. The summed E-state index contributed by atoms with van der Waals surface area (Å²) in [5.74, 6) is 1.20. The molecule has 0 aliphatic carbocycles. The second-order valence-corrected chi connectivity index (χ2v) is 5.18. The van der Waals surface area contributed by atoms with E-state index in [-0.39, 0.29) is 18.3 Å². The Kier molecular flexibility index (Phi) is 2.79. The highest BCUT2D eigenvalue weighted by Gasteiger charge is 2.14. The lowest BCUT2D eigenvalue weighted by Crippen LogP contribution is -1.94. The van der Waals surface area contributed by atoms with E-state index >= 15 is 0 Å². The summed E-state index contributed by atoms with van der Waals surface area (Å²) in [4.78, 5) is 4.40. The Morgan fingerprint density at radius 1 is 0.955 bits per heavy atom. The molecule has 3 aromatic rings. The van der Waals surface area contributed by atoms with Crippen LogP contribution in [0.3, 0.4) is 0 Å². The van der Waals surface area contributed by atoms with Crippen LogP contribution in [0.25, 0.3) is 10.8 Å². The molecule has 1 aliphatic heterocycles. The number of nitrogens with zero attached hydrogens (tertiary/aromatic N) is 1. The zero-order valence-electron chi connectivity index (χ0n) is 11.6. The van der Waals surface area contributed by atoms with Gasteiger partial charge in [-0.15, -0.1) is 0 Å². The smallest absolute Gasteiger partial charge is 0.231 e. The molecular formula is C17H13NO4. The van der Waals surface area contributed by atoms with Gasteiger partial charge in [0.05, 0.1) is 5.69 Å². The molecule has 1 aliphatic rings. The van der Waals surface area contributed by atoms with Crippen LogP contribution in [0.5, 0.6) is 23.0 Å². The van der Waals surface area contributed by atoms with Crippen molar-refractivity contribution in [3.05, 3.63) is 53.9 Å². The molecule has 0 unspecified atom stereocenters. The number of benzene rings is 2. The fourth-order valence-electron chi connectivity index (χ4n) is 2.64. The molecule has 0 radical (unpaired) electrons. The van der Waals surface area contributed by atoms with E-state index in [2.05, 4.69) is 4.98 Å². The van der Waals surface area contributed by atoms with Crippen molar-refractivity contribution in [2.24, 2.45) is 0 Å². The molecule has 1 aromatic heterocycles. The van der Waals surface area contributed by atoms with E-state index in [1.807, 2.05) is 18.2 Å². The number of aromatic hydroxyl groups is 2. The molecule has 0 fully saturated rings. The Bertz CT molecular complexity index is 876. The zero-order valence-corrected chi connectivity index (χ0v) is 11.6. The average molecular weight is 295 g/mol. The van der Waals surface area contributed by atoms with Crippen molar-refractivity contribution in [2.45, 2.75) is 6.42 Å². The van der Waals surface area contributed by atoms with Crippen molar-refractivity contribution in [1.82, 2.24) is 4.98 Å². The largest absolute Gasteiger partial charge is 0.504 e. The van der Waals surface area contributed by atoms with Gasteiger partial charge in [0.1, 0.15) is 0 Å². The maximum absolute atomic E-state index is 9.72. The summed E-state index contributed by atoms with van der Waals surface area (Å²) in [6.07, 6.45) is 2.29. The van der Waals surface area contributed by atoms with Crippen molar-refractivity contribution in [3.63, 3.8) is 0 Å². The summed E-state index contributed by atoms with van der Waals surface area (Å²) in [7, 11) is 0. The number of rotatable bonds is 2. The summed E-state index contributed by atoms with van der Waals surface area (Å²) < 4.78 is 10.7. The number of phenols is 2. The Morgan fingerprint density at radius 2 is 1.77 bits per heavy atom. The summed E-state index contributed by atoms with van der Waals surface area (Å²) in [6, 6.07) is 10.7. The highest BCUT2D eigenvalue weighted by molar-refractivity contribution is 5.87. The highest BCUT2D eigenvalue weighted by atomic mass is 16.7. The topological polar surface area (TPSA) is 71.8 Å². The average Bonchev–Trinajstić information content (AvgIpc) is 2.97. The normalized spacial score (nSPS) is 12.7. The first-order chi connectivity index (χ1) is 10.7. The van der Waals surface area contributed by atoms with Gasteiger partial charge in [0.15, 0.2) is 23.0 Å². The molecule has 110 valence electrons. The summed E-state index contributed by atoms with van der Waals surface area (Å²) in [5, 5.41) is 21.0. The van der Waals surface area contributed by atoms with Crippen molar-refractivity contribution < 1.29 is 19.7 Å². The molecule has 5 nitrogen and oxygen atoms in total. The fraction of sp³-hybridized carbons (Fsp3) is 0.118. The third-order valence-corrected chi connectivity index (χ3v) is 3.75. The summed E-state index contributed by atoms with van der Waals surface area (Å²) in [5.41, 5.74) is 1.86. The van der Waals surface area contributed by atoms with Crippen LogP contribution in [0, 0.1) is 0 Å². The summed E-state index contributed by atoms with van der Waals surface area (Å²) >= 11 is 0. The van der Waals surface area contributed by atoms with E-state index in [1.54, 1.807) is 18.3 Å². The maximum atomic E-state index is 9.72. The van der Waals surface area contributed by atoms with Crippen LogP contribution in [-0.2, 0) is 6.42 Å². The van der Waals surface area contributed by atoms with Crippen LogP contribution in [0.15, 0.2) is 42.6 Å². The van der Waals surface area contributed by atoms with Gasteiger partial charge in [-0.2, -0.15) is 0 Å². The fourth-order valence-corrected chi connectivity index (χ4v) is 2.64. The van der Waals surface area contributed by atoms with Gasteiger partial charge in [0.2, 0.25) is 6.79 Å². The van der Waals surface area contributed by atoms with Crippen LogP contribution in [-0.4, -0.2) is 22.0 Å². The molecule has 2 aromatic carbocycles. The highest BCUT2D eigenvalue weighted by Crippen LogP contribution is 2.35. The first-order valence-corrected chi connectivity index (χ1v) is 6.89. The minimum atomic E-state index is -0.146. The van der Waals surface area contributed by atoms with Crippen LogP contribution in [0.2, 0.25) is 0 Å². The van der Waals surface area contributed by atoms with Crippen LogP contribution >= 0.6 is 0 Å². The van der Waals surface area contributed by atoms with Gasteiger partial charge in [-0.3, -0.25) is 4.98 Å². The number of fused-ring (bicyclic) bond motifs is 2. The lowest BCUT2D eigenvalue weighted by molar-refractivity contribution is 0.174. The number of aromatic nitrogens is 1. The van der Waals surface area contributed by atoms with Gasteiger partial charge in [0.25, 0.3) is 0 Å². The van der Waals surface area contributed by atoms with Crippen LogP contribution < -0.4 is 9.47 Å². The number of hydrogen-bond donors (Lipinski definition) is 2.